The van der Waals surface area contributed by atoms with Crippen LogP contribution in [0.3, 0.4) is 0 Å². The van der Waals surface area contributed by atoms with E-state index in [0.29, 0.717) is 6.04 Å². The Bertz CT molecular complexity index is 533. The Kier molecular flexibility index (Phi) is 7.07. The van der Waals surface area contributed by atoms with Crippen LogP contribution in [-0.2, 0) is 6.42 Å². The first-order chi connectivity index (χ1) is 10.3. The van der Waals surface area contributed by atoms with Crippen molar-refractivity contribution in [3.05, 3.63) is 59.4 Å². The minimum atomic E-state index is 0.420. The first-order valence-corrected chi connectivity index (χ1v) is 8.66. The minimum absolute atomic E-state index is 0.420. The Balaban J connectivity index is 1.92. The second-order valence-corrected chi connectivity index (χ2v) is 6.47. The molecule has 21 heavy (non-hydrogen) atoms. The quantitative estimate of drug-likeness (QED) is 0.728. The highest BCUT2D eigenvalue weighted by Crippen LogP contribution is 2.22. The van der Waals surface area contributed by atoms with E-state index in [-0.39, 0.29) is 0 Å². The minimum Gasteiger partial charge on any atom is -0.313 e. The van der Waals surface area contributed by atoms with E-state index in [9.17, 15) is 0 Å². The van der Waals surface area contributed by atoms with Crippen molar-refractivity contribution < 1.29 is 0 Å². The maximum atomic E-state index is 6.03. The Labute approximate surface area is 136 Å². The summed E-state index contributed by atoms with van der Waals surface area (Å²) in [5.74, 6) is 1.01. The lowest BCUT2D eigenvalue weighted by molar-refractivity contribution is 0.545. The molecule has 1 heterocycles. The fourth-order valence-corrected chi connectivity index (χ4v) is 3.33. The van der Waals surface area contributed by atoms with Crippen molar-refractivity contribution in [3.63, 3.8) is 0 Å². The van der Waals surface area contributed by atoms with Crippen molar-refractivity contribution >= 4 is 23.4 Å². The fraction of sp³-hybridized carbons (Fsp3) is 0.353. The molecule has 2 nitrogen and oxygen atoms in total. The molecule has 112 valence electrons. The number of halogens is 1. The number of nitrogens with zero attached hydrogens (tertiary/aromatic N) is 1. The van der Waals surface area contributed by atoms with Crippen molar-refractivity contribution in [1.29, 1.82) is 0 Å². The van der Waals surface area contributed by atoms with Crippen LogP contribution < -0.4 is 5.32 Å². The van der Waals surface area contributed by atoms with Crippen LogP contribution in [0.4, 0.5) is 0 Å². The summed E-state index contributed by atoms with van der Waals surface area (Å²) >= 11 is 7.87. The van der Waals surface area contributed by atoms with Gasteiger partial charge in [0, 0.05) is 40.0 Å². The predicted octanol–water partition coefficient (Wildman–Crippen LogP) is 4.44. The van der Waals surface area contributed by atoms with Gasteiger partial charge in [-0.15, -0.1) is 11.8 Å². The van der Waals surface area contributed by atoms with Gasteiger partial charge in [-0.2, -0.15) is 0 Å². The maximum Gasteiger partial charge on any atom is 0.0419 e. The molecule has 0 fully saturated rings. The van der Waals surface area contributed by atoms with Crippen LogP contribution in [0.5, 0.6) is 0 Å². The normalized spacial score (nSPS) is 12.3. The van der Waals surface area contributed by atoms with E-state index in [1.54, 1.807) is 0 Å². The van der Waals surface area contributed by atoms with Gasteiger partial charge in [-0.25, -0.2) is 0 Å². The van der Waals surface area contributed by atoms with E-state index in [4.69, 9.17) is 11.6 Å². The van der Waals surface area contributed by atoms with Gasteiger partial charge in [0.05, 0.1) is 0 Å². The van der Waals surface area contributed by atoms with Gasteiger partial charge >= 0.3 is 0 Å². The Hall–Kier alpha value is -1.03. The SMILES string of the molecule is CCCNC(CSc1cccc(Cl)c1)Cc1ccccn1. The second kappa shape index (κ2) is 9.08. The summed E-state index contributed by atoms with van der Waals surface area (Å²) < 4.78 is 0. The highest BCUT2D eigenvalue weighted by atomic mass is 35.5. The average Bonchev–Trinajstić information content (AvgIpc) is 2.51. The van der Waals surface area contributed by atoms with Gasteiger partial charge in [0.1, 0.15) is 0 Å². The van der Waals surface area contributed by atoms with Crippen LogP contribution in [0.1, 0.15) is 19.0 Å². The van der Waals surface area contributed by atoms with Gasteiger partial charge in [-0.3, -0.25) is 4.98 Å². The van der Waals surface area contributed by atoms with Crippen molar-refractivity contribution in [2.45, 2.75) is 30.7 Å². The summed E-state index contributed by atoms with van der Waals surface area (Å²) in [6, 6.07) is 14.5. The molecule has 0 saturated heterocycles. The molecule has 0 aliphatic heterocycles. The molecule has 2 rings (SSSR count). The molecule has 0 spiro atoms. The number of thioether (sulfide) groups is 1. The maximum absolute atomic E-state index is 6.03. The highest BCUT2D eigenvalue weighted by molar-refractivity contribution is 7.99. The monoisotopic (exact) mass is 320 g/mol. The van der Waals surface area contributed by atoms with Gasteiger partial charge < -0.3 is 5.32 Å². The third-order valence-corrected chi connectivity index (χ3v) is 4.50. The third kappa shape index (κ3) is 6.08. The molecule has 1 atom stereocenters. The molecule has 0 amide bonds. The summed E-state index contributed by atoms with van der Waals surface area (Å²) in [7, 11) is 0. The molecule has 1 unspecified atom stereocenters. The molecule has 0 radical (unpaired) electrons. The van der Waals surface area contributed by atoms with E-state index in [0.717, 1.165) is 35.9 Å². The van der Waals surface area contributed by atoms with Gasteiger partial charge in [0.15, 0.2) is 0 Å². The van der Waals surface area contributed by atoms with Gasteiger partial charge in [0.2, 0.25) is 0 Å². The van der Waals surface area contributed by atoms with E-state index in [1.165, 1.54) is 4.90 Å². The average molecular weight is 321 g/mol. The van der Waals surface area contributed by atoms with Crippen LogP contribution in [0, 0.1) is 0 Å². The summed E-state index contributed by atoms with van der Waals surface area (Å²) in [6.07, 6.45) is 3.95. The van der Waals surface area contributed by atoms with Gasteiger partial charge in [-0.05, 0) is 43.3 Å². The summed E-state index contributed by atoms with van der Waals surface area (Å²) in [4.78, 5) is 5.64. The number of nitrogens with one attached hydrogen (secondary N) is 1. The molecular formula is C17H21ClN2S. The molecule has 0 saturated carbocycles. The first-order valence-electron chi connectivity index (χ1n) is 7.29. The lowest BCUT2D eigenvalue weighted by Gasteiger charge is -2.18. The van der Waals surface area contributed by atoms with Crippen LogP contribution in [0.25, 0.3) is 0 Å². The first kappa shape index (κ1) is 16.3. The summed E-state index contributed by atoms with van der Waals surface area (Å²) in [5, 5.41) is 4.40. The third-order valence-electron chi connectivity index (χ3n) is 3.11. The molecule has 0 aliphatic rings. The number of pyridine rings is 1. The molecule has 4 heteroatoms. The van der Waals surface area contributed by atoms with Crippen LogP contribution >= 0.6 is 23.4 Å². The predicted molar refractivity (Wildman–Crippen MR) is 92.2 cm³/mol. The zero-order chi connectivity index (χ0) is 14.9. The standard InChI is InChI=1S/C17H21ClN2S/c1-2-9-19-16(12-15-7-3-4-10-20-15)13-21-17-8-5-6-14(18)11-17/h3-8,10-11,16,19H,2,9,12-13H2,1H3. The Morgan fingerprint density at radius 2 is 2.14 bits per heavy atom. The smallest absolute Gasteiger partial charge is 0.0419 e. The fourth-order valence-electron chi connectivity index (χ4n) is 2.06. The molecule has 0 bridgehead atoms. The molecule has 1 aromatic carbocycles. The highest BCUT2D eigenvalue weighted by Gasteiger charge is 2.10. The van der Waals surface area contributed by atoms with E-state index >= 15 is 0 Å². The molecule has 0 aliphatic carbocycles. The van der Waals surface area contributed by atoms with Crippen LogP contribution in [-0.4, -0.2) is 23.3 Å². The molecule has 1 aromatic heterocycles. The lowest BCUT2D eigenvalue weighted by Crippen LogP contribution is -2.34. The summed E-state index contributed by atoms with van der Waals surface area (Å²) in [6.45, 7) is 3.22. The zero-order valence-corrected chi connectivity index (χ0v) is 13.8. The zero-order valence-electron chi connectivity index (χ0n) is 12.3. The largest absolute Gasteiger partial charge is 0.313 e. The van der Waals surface area contributed by atoms with Gasteiger partial charge in [0.25, 0.3) is 0 Å². The number of benzene rings is 1. The van der Waals surface area contributed by atoms with E-state index < -0.39 is 0 Å². The van der Waals surface area contributed by atoms with E-state index in [2.05, 4.69) is 29.4 Å². The number of rotatable bonds is 8. The molecule has 1 N–H and O–H groups in total. The van der Waals surface area contributed by atoms with Crippen molar-refractivity contribution in [1.82, 2.24) is 10.3 Å². The van der Waals surface area contributed by atoms with Crippen LogP contribution in [0.2, 0.25) is 5.02 Å². The number of hydrogen-bond donors (Lipinski definition) is 1. The van der Waals surface area contributed by atoms with Crippen molar-refractivity contribution in [2.75, 3.05) is 12.3 Å². The molecule has 2 aromatic rings. The second-order valence-electron chi connectivity index (χ2n) is 4.94. The topological polar surface area (TPSA) is 24.9 Å². The summed E-state index contributed by atoms with van der Waals surface area (Å²) in [5.41, 5.74) is 1.14. The lowest BCUT2D eigenvalue weighted by atomic mass is 10.1. The van der Waals surface area contributed by atoms with Gasteiger partial charge in [-0.1, -0.05) is 30.7 Å². The molecular weight excluding hydrogens is 300 g/mol. The van der Waals surface area contributed by atoms with Crippen molar-refractivity contribution in [2.24, 2.45) is 0 Å². The van der Waals surface area contributed by atoms with Crippen molar-refractivity contribution in [3.8, 4) is 0 Å². The van der Waals surface area contributed by atoms with Crippen LogP contribution in [0.15, 0.2) is 53.6 Å². The Morgan fingerprint density at radius 1 is 1.24 bits per heavy atom. The van der Waals surface area contributed by atoms with E-state index in [1.807, 2.05) is 48.3 Å². The number of aromatic nitrogens is 1. The Morgan fingerprint density at radius 3 is 2.86 bits per heavy atom. The number of hydrogen-bond acceptors (Lipinski definition) is 3.